The Balaban J connectivity index is 1.36. The number of nitrogens with one attached hydrogen (secondary N) is 2. The molecule has 0 aliphatic carbocycles. The van der Waals surface area contributed by atoms with E-state index in [1.807, 2.05) is 30.3 Å². The van der Waals surface area contributed by atoms with Gasteiger partial charge in [0.05, 0.1) is 19.4 Å². The third-order valence-corrected chi connectivity index (χ3v) is 9.60. The molecule has 2 aromatic heterocycles. The van der Waals surface area contributed by atoms with Gasteiger partial charge in [-0.25, -0.2) is 19.7 Å². The number of phosphoric ester groups is 1. The molecule has 2 aliphatic heterocycles. The third kappa shape index (κ3) is 7.66. The van der Waals surface area contributed by atoms with Crippen molar-refractivity contribution in [2.24, 2.45) is 0 Å². The quantitative estimate of drug-likeness (QED) is 0.215. The lowest BCUT2D eigenvalue weighted by Gasteiger charge is -2.32. The predicted octanol–water partition coefficient (Wildman–Crippen LogP) is 0.748. The molecule has 5 unspecified atom stereocenters. The number of fused-ring (bicyclic) bond motifs is 2. The zero-order chi connectivity index (χ0) is 31.5. The third-order valence-electron chi connectivity index (χ3n) is 6.57. The van der Waals surface area contributed by atoms with Gasteiger partial charge in [-0.3, -0.25) is 23.6 Å². The van der Waals surface area contributed by atoms with Crippen LogP contribution in [0.15, 0.2) is 43.0 Å². The van der Waals surface area contributed by atoms with Crippen molar-refractivity contribution in [2.45, 2.75) is 50.6 Å². The summed E-state index contributed by atoms with van der Waals surface area (Å²) in [6, 6.07) is 8.84. The van der Waals surface area contributed by atoms with E-state index in [1.165, 1.54) is 17.2 Å². The molecule has 0 radical (unpaired) electrons. The van der Waals surface area contributed by atoms with Crippen LogP contribution >= 0.6 is 15.4 Å². The zero-order valence-corrected chi connectivity index (χ0v) is 24.9. The van der Waals surface area contributed by atoms with Crippen LogP contribution in [-0.4, -0.2) is 80.5 Å². The predicted molar refractivity (Wildman–Crippen MR) is 145 cm³/mol. The van der Waals surface area contributed by atoms with Crippen LogP contribution in [0, 0.1) is 0 Å². The Morgan fingerprint density at radius 2 is 1.84 bits per heavy atom. The summed E-state index contributed by atoms with van der Waals surface area (Å²) in [7, 11) is -10.5. The van der Waals surface area contributed by atoms with Crippen molar-refractivity contribution in [3.05, 3.63) is 48.5 Å². The molecule has 44 heavy (non-hydrogen) atoms. The highest BCUT2D eigenvalue weighted by Gasteiger charge is 2.54. The smallest absolute Gasteiger partial charge is 0.320 e. The summed E-state index contributed by atoms with van der Waals surface area (Å²) < 4.78 is 53.3. The molecule has 3 N–H and O–H groups in total. The van der Waals surface area contributed by atoms with Crippen molar-refractivity contribution in [3.63, 3.8) is 0 Å². The van der Waals surface area contributed by atoms with Crippen LogP contribution in [0.5, 0.6) is 0 Å². The first kappa shape index (κ1) is 32.1. The van der Waals surface area contributed by atoms with Gasteiger partial charge in [0.1, 0.15) is 32.2 Å². The van der Waals surface area contributed by atoms with Crippen LogP contribution < -0.4 is 20.4 Å². The van der Waals surface area contributed by atoms with E-state index in [4.69, 9.17) is 23.8 Å². The summed E-state index contributed by atoms with van der Waals surface area (Å²) in [4.78, 5) is 59.8. The van der Waals surface area contributed by atoms with Gasteiger partial charge >= 0.3 is 12.0 Å². The second kappa shape index (κ2) is 13.4. The maximum absolute atomic E-state index is 12.4. The number of urea groups is 1. The number of aromatic nitrogens is 4. The topological polar surface area (TPSA) is 248 Å². The van der Waals surface area contributed by atoms with E-state index in [1.54, 1.807) is 6.92 Å². The number of ether oxygens (including phenoxy) is 3. The lowest BCUT2D eigenvalue weighted by molar-refractivity contribution is -0.234. The average molecular weight is 654 g/mol. The number of nitrogens with zero attached hydrogens (tertiary/aromatic N) is 4. The minimum Gasteiger partial charge on any atom is -0.778 e. The number of carboxylic acid groups (broad SMARTS) is 1. The number of anilines is 1. The van der Waals surface area contributed by atoms with Crippen LogP contribution in [0.3, 0.4) is 0 Å². The molecule has 2 aliphatic rings. The van der Waals surface area contributed by atoms with Gasteiger partial charge in [0, 0.05) is 19.1 Å². The standard InChI is InChI=1S/C24H30N6O12P2/c1-2-25-24(33)29-21-18-22(27-12-26-21)30(13-28-18)23-20-19(40-17(41-20)10-14-6-4-3-5-7-14)15(39-23)11-38-44(36,37)42-43(34,35)9-8-16(31)32/h3-7,12-13,15,17,19-20,23H,2,8-11H2,1H3,(H,31,32)(H,34,35)(H,36,37)(H2,25,26,27,29,33)/p-2/t15-,17?,19?,20?,23-/m1/s1. The zero-order valence-electron chi connectivity index (χ0n) is 23.1. The molecule has 20 heteroatoms. The number of benzene rings is 1. The van der Waals surface area contributed by atoms with E-state index in [9.17, 15) is 28.5 Å². The number of phosphoric acid groups is 1. The molecule has 4 heterocycles. The first-order chi connectivity index (χ1) is 20.9. The molecule has 238 valence electrons. The number of carboxylic acids is 1. The molecule has 0 bridgehead atoms. The maximum Gasteiger partial charge on any atom is 0.320 e. The van der Waals surface area contributed by atoms with E-state index in [0.29, 0.717) is 13.0 Å². The van der Waals surface area contributed by atoms with E-state index >= 15 is 0 Å². The number of hydrogen-bond donors (Lipinski definition) is 3. The van der Waals surface area contributed by atoms with Crippen molar-refractivity contribution in [1.29, 1.82) is 0 Å². The van der Waals surface area contributed by atoms with Crippen LogP contribution in [0.2, 0.25) is 0 Å². The number of imidazole rings is 1. The lowest BCUT2D eigenvalue weighted by atomic mass is 10.1. The summed E-state index contributed by atoms with van der Waals surface area (Å²) >= 11 is 0. The molecular weight excluding hydrogens is 626 g/mol. The SMILES string of the molecule is CCNC(=O)Nc1ncnc2c1ncn2[C@@H]1O[C@H](COP(=O)([O-])OP(=O)([O-])CCC(=O)O)C2OC(Cc3ccccc3)OC21. The van der Waals surface area contributed by atoms with E-state index in [-0.39, 0.29) is 17.0 Å². The van der Waals surface area contributed by atoms with Gasteiger partial charge in [-0.2, -0.15) is 0 Å². The summed E-state index contributed by atoms with van der Waals surface area (Å²) in [6.07, 6.45) is -3.47. The highest BCUT2D eigenvalue weighted by Crippen LogP contribution is 2.55. The first-order valence-electron chi connectivity index (χ1n) is 13.4. The molecular formula is C24H28N6O12P2-2. The monoisotopic (exact) mass is 654 g/mol. The van der Waals surface area contributed by atoms with Gasteiger partial charge in [-0.15, -0.1) is 0 Å². The van der Waals surface area contributed by atoms with E-state index in [0.717, 1.165) is 5.56 Å². The fourth-order valence-electron chi connectivity index (χ4n) is 4.72. The van der Waals surface area contributed by atoms with Crippen LogP contribution in [0.4, 0.5) is 10.6 Å². The summed E-state index contributed by atoms with van der Waals surface area (Å²) in [6.45, 7) is 1.42. The number of amides is 2. The fraction of sp³-hybridized carbons (Fsp3) is 0.458. The van der Waals surface area contributed by atoms with Crippen molar-refractivity contribution < 1.29 is 56.7 Å². The average Bonchev–Trinajstić information content (AvgIpc) is 3.65. The summed E-state index contributed by atoms with van der Waals surface area (Å²) in [5.74, 6) is -1.32. The normalized spacial score (nSPS) is 25.7. The molecule has 2 saturated heterocycles. The van der Waals surface area contributed by atoms with Gasteiger partial charge < -0.3 is 43.5 Å². The second-order valence-electron chi connectivity index (χ2n) is 9.72. The fourth-order valence-corrected chi connectivity index (χ4v) is 7.25. The Labute approximate surface area is 249 Å². The molecule has 1 aromatic carbocycles. The molecule has 0 spiro atoms. The van der Waals surface area contributed by atoms with Crippen LogP contribution in [-0.2, 0) is 43.4 Å². The number of carbonyl (C=O) groups is 2. The minimum absolute atomic E-state index is 0.133. The molecule has 0 saturated carbocycles. The van der Waals surface area contributed by atoms with Gasteiger partial charge in [0.15, 0.2) is 29.5 Å². The molecule has 18 nitrogen and oxygen atoms in total. The minimum atomic E-state index is -5.46. The van der Waals surface area contributed by atoms with Crippen molar-refractivity contribution in [3.8, 4) is 0 Å². The largest absolute Gasteiger partial charge is 0.778 e. The molecule has 7 atom stereocenters. The Hall–Kier alpha value is -3.31. The van der Waals surface area contributed by atoms with Crippen LogP contribution in [0.1, 0.15) is 25.1 Å². The molecule has 5 rings (SSSR count). The van der Waals surface area contributed by atoms with Gasteiger partial charge in [0.2, 0.25) is 0 Å². The number of carbonyl (C=O) groups excluding carboxylic acids is 1. The highest BCUT2D eigenvalue weighted by molar-refractivity contribution is 7.62. The van der Waals surface area contributed by atoms with E-state index in [2.05, 4.69) is 29.9 Å². The second-order valence-corrected chi connectivity index (χ2v) is 13.2. The Morgan fingerprint density at radius 1 is 1.09 bits per heavy atom. The van der Waals surface area contributed by atoms with Gasteiger partial charge in [-0.1, -0.05) is 30.3 Å². The summed E-state index contributed by atoms with van der Waals surface area (Å²) in [5.41, 5.74) is 1.41. The van der Waals surface area contributed by atoms with Crippen molar-refractivity contribution >= 4 is 44.4 Å². The highest BCUT2D eigenvalue weighted by atomic mass is 31.3. The number of hydrogen-bond acceptors (Lipinski definition) is 14. The van der Waals surface area contributed by atoms with Gasteiger partial charge in [-0.05, 0) is 12.5 Å². The number of aliphatic carboxylic acids is 1. The molecule has 2 fully saturated rings. The Bertz CT molecular complexity index is 1590. The maximum atomic E-state index is 12.4. The molecule has 3 aromatic rings. The van der Waals surface area contributed by atoms with Gasteiger partial charge in [0.25, 0.3) is 7.82 Å². The lowest BCUT2D eigenvalue weighted by Crippen LogP contribution is -2.32. The summed E-state index contributed by atoms with van der Waals surface area (Å²) in [5, 5.41) is 13.9. The van der Waals surface area contributed by atoms with Crippen LogP contribution in [0.25, 0.3) is 11.2 Å². The first-order valence-corrected chi connectivity index (χ1v) is 16.5. The van der Waals surface area contributed by atoms with Crippen molar-refractivity contribution in [2.75, 3.05) is 24.6 Å². The Kier molecular flexibility index (Phi) is 9.74. The Morgan fingerprint density at radius 3 is 2.57 bits per heavy atom. The molecule has 2 amide bonds. The number of rotatable bonds is 13. The van der Waals surface area contributed by atoms with Crippen molar-refractivity contribution in [1.82, 2.24) is 24.8 Å². The van der Waals surface area contributed by atoms with E-state index < -0.39 is 77.4 Å².